The second-order valence-corrected chi connectivity index (χ2v) is 5.74. The van der Waals surface area contributed by atoms with Crippen LogP contribution in [0.2, 0.25) is 10.3 Å². The van der Waals surface area contributed by atoms with Crippen LogP contribution >= 0.6 is 34.5 Å². The van der Waals surface area contributed by atoms with Crippen molar-refractivity contribution in [3.8, 4) is 0 Å². The Bertz CT molecular complexity index is 500. The van der Waals surface area contributed by atoms with Gasteiger partial charge in [0.25, 0.3) is 0 Å². The maximum Gasteiger partial charge on any atom is 0.135 e. The van der Waals surface area contributed by atoms with Gasteiger partial charge in [-0.05, 0) is 24.1 Å². The van der Waals surface area contributed by atoms with E-state index in [0.29, 0.717) is 10.3 Å². The summed E-state index contributed by atoms with van der Waals surface area (Å²) in [5.74, 6) is 0. The van der Waals surface area contributed by atoms with Gasteiger partial charge in [0.15, 0.2) is 0 Å². The standard InChI is InChI=1S/C13H14Cl2N2S/c1-2-17(9-11-4-3-7-18-11)8-10-5-6-12(14)16-13(10)15/h3-7H,2,8-9H2,1H3. The van der Waals surface area contributed by atoms with E-state index in [2.05, 4.69) is 34.3 Å². The molecule has 2 rings (SSSR count). The van der Waals surface area contributed by atoms with E-state index >= 15 is 0 Å². The number of aromatic nitrogens is 1. The highest BCUT2D eigenvalue weighted by atomic mass is 35.5. The van der Waals surface area contributed by atoms with E-state index in [1.54, 1.807) is 17.4 Å². The second kappa shape index (κ2) is 6.53. The molecule has 96 valence electrons. The molecule has 0 saturated carbocycles. The molecule has 2 nitrogen and oxygen atoms in total. The number of rotatable bonds is 5. The van der Waals surface area contributed by atoms with Crippen molar-refractivity contribution in [1.29, 1.82) is 0 Å². The van der Waals surface area contributed by atoms with Gasteiger partial charge in [-0.2, -0.15) is 0 Å². The first-order chi connectivity index (χ1) is 8.69. The molecule has 5 heteroatoms. The van der Waals surface area contributed by atoms with Gasteiger partial charge in [-0.25, -0.2) is 4.98 Å². The van der Waals surface area contributed by atoms with Crippen LogP contribution in [0.15, 0.2) is 29.6 Å². The van der Waals surface area contributed by atoms with E-state index < -0.39 is 0 Å². The molecule has 0 aromatic carbocycles. The third-order valence-corrected chi connectivity index (χ3v) is 4.09. The summed E-state index contributed by atoms with van der Waals surface area (Å²) in [6.45, 7) is 4.84. The summed E-state index contributed by atoms with van der Waals surface area (Å²) in [5.41, 5.74) is 1.01. The summed E-state index contributed by atoms with van der Waals surface area (Å²) >= 11 is 13.7. The Labute approximate surface area is 121 Å². The molecule has 0 fully saturated rings. The number of thiophene rings is 1. The highest BCUT2D eigenvalue weighted by molar-refractivity contribution is 7.09. The van der Waals surface area contributed by atoms with Crippen LogP contribution in [0.3, 0.4) is 0 Å². The first-order valence-corrected chi connectivity index (χ1v) is 7.38. The minimum Gasteiger partial charge on any atom is -0.294 e. The lowest BCUT2D eigenvalue weighted by Crippen LogP contribution is -2.22. The zero-order valence-corrected chi connectivity index (χ0v) is 12.4. The van der Waals surface area contributed by atoms with E-state index in [4.69, 9.17) is 23.2 Å². The number of nitrogens with zero attached hydrogens (tertiary/aromatic N) is 2. The van der Waals surface area contributed by atoms with E-state index in [0.717, 1.165) is 25.2 Å². The Morgan fingerprint density at radius 3 is 2.67 bits per heavy atom. The van der Waals surface area contributed by atoms with Gasteiger partial charge in [0.2, 0.25) is 0 Å². The van der Waals surface area contributed by atoms with Gasteiger partial charge in [0, 0.05) is 23.5 Å². The maximum atomic E-state index is 6.09. The number of pyridine rings is 1. The Morgan fingerprint density at radius 1 is 1.22 bits per heavy atom. The molecule has 0 amide bonds. The zero-order valence-electron chi connectivity index (χ0n) is 10.1. The molecule has 0 spiro atoms. The fourth-order valence-corrected chi connectivity index (χ4v) is 2.85. The first-order valence-electron chi connectivity index (χ1n) is 5.74. The third-order valence-electron chi connectivity index (χ3n) is 2.69. The molecule has 0 aliphatic rings. The summed E-state index contributed by atoms with van der Waals surface area (Å²) in [5, 5.41) is 3.03. The molecule has 0 unspecified atom stereocenters. The predicted octanol–water partition coefficient (Wildman–Crippen LogP) is 4.47. The van der Waals surface area contributed by atoms with Crippen molar-refractivity contribution >= 4 is 34.5 Å². The normalized spacial score (nSPS) is 11.1. The molecule has 0 atom stereocenters. The van der Waals surface area contributed by atoms with Crippen LogP contribution in [-0.2, 0) is 13.1 Å². The summed E-state index contributed by atoms with van der Waals surface area (Å²) < 4.78 is 0. The van der Waals surface area contributed by atoms with Crippen LogP contribution in [0.5, 0.6) is 0 Å². The van der Waals surface area contributed by atoms with Gasteiger partial charge in [0.05, 0.1) is 0 Å². The summed E-state index contributed by atoms with van der Waals surface area (Å²) in [7, 11) is 0. The molecular weight excluding hydrogens is 287 g/mol. The van der Waals surface area contributed by atoms with E-state index in [1.165, 1.54) is 4.88 Å². The average Bonchev–Trinajstić information content (AvgIpc) is 2.84. The van der Waals surface area contributed by atoms with Crippen molar-refractivity contribution in [2.45, 2.75) is 20.0 Å². The SMILES string of the molecule is CCN(Cc1cccs1)Cc1ccc(Cl)nc1Cl. The van der Waals surface area contributed by atoms with Crippen LogP contribution in [0.1, 0.15) is 17.4 Å². The zero-order chi connectivity index (χ0) is 13.0. The van der Waals surface area contributed by atoms with Gasteiger partial charge >= 0.3 is 0 Å². The Balaban J connectivity index is 2.05. The fraction of sp³-hybridized carbons (Fsp3) is 0.308. The maximum absolute atomic E-state index is 6.09. The molecule has 2 aromatic rings. The quantitative estimate of drug-likeness (QED) is 0.757. The lowest BCUT2D eigenvalue weighted by atomic mass is 10.2. The van der Waals surface area contributed by atoms with Gasteiger partial charge in [-0.1, -0.05) is 42.3 Å². The first kappa shape index (κ1) is 13.8. The molecule has 18 heavy (non-hydrogen) atoms. The van der Waals surface area contributed by atoms with Crippen LogP contribution in [0.4, 0.5) is 0 Å². The van der Waals surface area contributed by atoms with E-state index in [-0.39, 0.29) is 0 Å². The largest absolute Gasteiger partial charge is 0.294 e. The molecule has 0 N–H and O–H groups in total. The number of hydrogen-bond donors (Lipinski definition) is 0. The van der Waals surface area contributed by atoms with Crippen molar-refractivity contribution in [1.82, 2.24) is 9.88 Å². The Hall–Kier alpha value is -0.610. The molecule has 2 heterocycles. The van der Waals surface area contributed by atoms with Crippen molar-refractivity contribution in [2.75, 3.05) is 6.54 Å². The van der Waals surface area contributed by atoms with Crippen LogP contribution in [0, 0.1) is 0 Å². The van der Waals surface area contributed by atoms with Crippen LogP contribution < -0.4 is 0 Å². The molecule has 0 bridgehead atoms. The molecule has 0 aliphatic heterocycles. The Kier molecular flexibility index (Phi) is 5.01. The minimum atomic E-state index is 0.435. The number of halogens is 2. The summed E-state index contributed by atoms with van der Waals surface area (Å²) in [4.78, 5) is 7.74. The molecule has 0 radical (unpaired) electrons. The van der Waals surface area contributed by atoms with Crippen LogP contribution in [0.25, 0.3) is 0 Å². The topological polar surface area (TPSA) is 16.1 Å². The monoisotopic (exact) mass is 300 g/mol. The molecule has 2 aromatic heterocycles. The fourth-order valence-electron chi connectivity index (χ4n) is 1.70. The van der Waals surface area contributed by atoms with E-state index in [9.17, 15) is 0 Å². The van der Waals surface area contributed by atoms with Gasteiger partial charge in [-0.3, -0.25) is 4.90 Å². The van der Waals surface area contributed by atoms with Gasteiger partial charge in [0.1, 0.15) is 10.3 Å². The lowest BCUT2D eigenvalue weighted by Gasteiger charge is -2.20. The summed E-state index contributed by atoms with van der Waals surface area (Å²) in [6, 6.07) is 7.94. The van der Waals surface area contributed by atoms with Crippen molar-refractivity contribution in [3.05, 3.63) is 50.4 Å². The smallest absolute Gasteiger partial charge is 0.135 e. The number of hydrogen-bond acceptors (Lipinski definition) is 3. The van der Waals surface area contributed by atoms with Gasteiger partial charge < -0.3 is 0 Å². The lowest BCUT2D eigenvalue weighted by molar-refractivity contribution is 0.273. The summed E-state index contributed by atoms with van der Waals surface area (Å²) in [6.07, 6.45) is 0. The third kappa shape index (κ3) is 3.69. The van der Waals surface area contributed by atoms with Crippen molar-refractivity contribution < 1.29 is 0 Å². The highest BCUT2D eigenvalue weighted by Crippen LogP contribution is 2.20. The average molecular weight is 301 g/mol. The van der Waals surface area contributed by atoms with Gasteiger partial charge in [-0.15, -0.1) is 11.3 Å². The molecule has 0 aliphatic carbocycles. The van der Waals surface area contributed by atoms with Crippen molar-refractivity contribution in [2.24, 2.45) is 0 Å². The van der Waals surface area contributed by atoms with Crippen LogP contribution in [-0.4, -0.2) is 16.4 Å². The van der Waals surface area contributed by atoms with Crippen molar-refractivity contribution in [3.63, 3.8) is 0 Å². The Morgan fingerprint density at radius 2 is 2.06 bits per heavy atom. The predicted molar refractivity (Wildman–Crippen MR) is 78.4 cm³/mol. The minimum absolute atomic E-state index is 0.435. The highest BCUT2D eigenvalue weighted by Gasteiger charge is 2.09. The molecule has 0 saturated heterocycles. The van der Waals surface area contributed by atoms with E-state index in [1.807, 2.05) is 6.07 Å². The molecular formula is C13H14Cl2N2S. The second-order valence-electron chi connectivity index (χ2n) is 3.97.